The van der Waals surface area contributed by atoms with E-state index in [4.69, 9.17) is 14.2 Å². The Morgan fingerprint density at radius 2 is 1.82 bits per heavy atom. The Morgan fingerprint density at radius 3 is 2.56 bits per heavy atom. The first-order valence-electron chi connectivity index (χ1n) is 13.1. The van der Waals surface area contributed by atoms with E-state index in [1.54, 1.807) is 7.11 Å². The first-order valence-corrected chi connectivity index (χ1v) is 13.1. The number of aryl methyl sites for hydroxylation is 1. The lowest BCUT2D eigenvalue weighted by Gasteiger charge is -2.35. The van der Waals surface area contributed by atoms with Gasteiger partial charge in [0.15, 0.2) is 0 Å². The molecule has 6 nitrogen and oxygen atoms in total. The monoisotopic (exact) mass is 467 g/mol. The average Bonchev–Trinajstić information content (AvgIpc) is 2.87. The highest BCUT2D eigenvalue weighted by molar-refractivity contribution is 5.67. The van der Waals surface area contributed by atoms with Crippen LogP contribution in [0.4, 0.5) is 0 Å². The summed E-state index contributed by atoms with van der Waals surface area (Å²) in [7, 11) is 3.95. The van der Waals surface area contributed by atoms with Crippen molar-refractivity contribution < 1.29 is 14.2 Å². The van der Waals surface area contributed by atoms with Crippen LogP contribution in [0.2, 0.25) is 0 Å². The highest BCUT2D eigenvalue weighted by atomic mass is 16.5. The summed E-state index contributed by atoms with van der Waals surface area (Å²) in [5, 5.41) is 8.99. The Balaban J connectivity index is 1.47. The summed E-state index contributed by atoms with van der Waals surface area (Å²) in [4.78, 5) is 2.34. The number of unbranched alkanes of at least 4 members (excludes halogenated alkanes) is 1. The molecule has 34 heavy (non-hydrogen) atoms. The average molecular weight is 468 g/mol. The fourth-order valence-electron chi connectivity index (χ4n) is 5.19. The van der Waals surface area contributed by atoms with Gasteiger partial charge in [0.25, 0.3) is 0 Å². The SMILES string of the molecule is CCCCc1nnc(OCC2CN(C)CC[C@H]2OC)cc1-c1ccc(OC2CCCCC2)cc1. The molecule has 2 aliphatic rings. The van der Waals surface area contributed by atoms with Crippen molar-refractivity contribution in [2.45, 2.75) is 76.9 Å². The second-order valence-electron chi connectivity index (χ2n) is 9.94. The molecule has 2 aromatic rings. The van der Waals surface area contributed by atoms with Gasteiger partial charge in [-0.25, -0.2) is 0 Å². The molecule has 0 N–H and O–H groups in total. The van der Waals surface area contributed by atoms with Gasteiger partial charge < -0.3 is 19.1 Å². The van der Waals surface area contributed by atoms with Gasteiger partial charge >= 0.3 is 0 Å². The molecule has 1 aliphatic carbocycles. The van der Waals surface area contributed by atoms with E-state index in [-0.39, 0.29) is 6.10 Å². The molecular formula is C28H41N3O3. The Bertz CT molecular complexity index is 883. The molecule has 2 fully saturated rings. The standard InChI is InChI=1S/C28H41N3O3/c1-4-5-11-26-25(21-12-14-24(15-13-21)34-23-9-7-6-8-10-23)18-28(30-29-26)33-20-22-19-31(2)17-16-27(22)32-3/h12-15,18,22-23,27H,4-11,16-17,19-20H2,1-3H3/t22?,27-/m1/s1. The van der Waals surface area contributed by atoms with Crippen LogP contribution in [0, 0.1) is 5.92 Å². The summed E-state index contributed by atoms with van der Waals surface area (Å²) in [5.41, 5.74) is 3.27. The molecule has 0 bridgehead atoms. The Morgan fingerprint density at radius 1 is 1.03 bits per heavy atom. The molecule has 186 valence electrons. The number of hydrogen-bond acceptors (Lipinski definition) is 6. The Labute approximate surface area is 205 Å². The fraction of sp³-hybridized carbons (Fsp3) is 0.643. The van der Waals surface area contributed by atoms with Crippen LogP contribution < -0.4 is 9.47 Å². The van der Waals surface area contributed by atoms with Gasteiger partial charge in [-0.1, -0.05) is 31.9 Å². The first kappa shape index (κ1) is 24.9. The number of piperidine rings is 1. The summed E-state index contributed by atoms with van der Waals surface area (Å²) in [6.07, 6.45) is 11.0. The predicted molar refractivity (Wildman–Crippen MR) is 135 cm³/mol. The number of hydrogen-bond donors (Lipinski definition) is 0. The molecular weight excluding hydrogens is 426 g/mol. The molecule has 0 radical (unpaired) electrons. The second kappa shape index (κ2) is 12.5. The minimum atomic E-state index is 0.226. The van der Waals surface area contributed by atoms with Gasteiger partial charge in [0.05, 0.1) is 24.5 Å². The van der Waals surface area contributed by atoms with Crippen LogP contribution in [0.1, 0.15) is 64.0 Å². The molecule has 1 aromatic heterocycles. The maximum atomic E-state index is 6.23. The fourth-order valence-corrected chi connectivity index (χ4v) is 5.19. The molecule has 1 unspecified atom stereocenters. The third-order valence-electron chi connectivity index (χ3n) is 7.25. The van der Waals surface area contributed by atoms with Gasteiger partial charge in [-0.15, -0.1) is 5.10 Å². The minimum Gasteiger partial charge on any atom is -0.490 e. The number of rotatable bonds is 10. The molecule has 2 atom stereocenters. The van der Waals surface area contributed by atoms with Crippen molar-refractivity contribution in [3.05, 3.63) is 36.0 Å². The van der Waals surface area contributed by atoms with Crippen LogP contribution in [0.15, 0.2) is 30.3 Å². The van der Waals surface area contributed by atoms with Crippen molar-refractivity contribution in [2.24, 2.45) is 5.92 Å². The van der Waals surface area contributed by atoms with Crippen molar-refractivity contribution in [2.75, 3.05) is 33.9 Å². The lowest BCUT2D eigenvalue weighted by molar-refractivity contribution is -0.0173. The highest BCUT2D eigenvalue weighted by Crippen LogP contribution is 2.30. The van der Waals surface area contributed by atoms with Gasteiger partial charge in [-0.3, -0.25) is 0 Å². The van der Waals surface area contributed by atoms with Crippen LogP contribution in [0.3, 0.4) is 0 Å². The zero-order valence-corrected chi connectivity index (χ0v) is 21.2. The van der Waals surface area contributed by atoms with Crippen LogP contribution >= 0.6 is 0 Å². The van der Waals surface area contributed by atoms with E-state index in [0.717, 1.165) is 61.3 Å². The molecule has 2 heterocycles. The number of aromatic nitrogens is 2. The van der Waals surface area contributed by atoms with Crippen LogP contribution in [0.25, 0.3) is 11.1 Å². The van der Waals surface area contributed by atoms with Crippen molar-refractivity contribution >= 4 is 0 Å². The number of ether oxygens (including phenoxy) is 3. The summed E-state index contributed by atoms with van der Waals surface area (Å²) in [6.45, 7) is 4.82. The van der Waals surface area contributed by atoms with E-state index in [1.807, 2.05) is 0 Å². The second-order valence-corrected chi connectivity index (χ2v) is 9.94. The highest BCUT2D eigenvalue weighted by Gasteiger charge is 2.28. The zero-order valence-electron chi connectivity index (χ0n) is 21.2. The number of nitrogens with zero attached hydrogens (tertiary/aromatic N) is 3. The van der Waals surface area contributed by atoms with Crippen LogP contribution in [-0.2, 0) is 11.2 Å². The molecule has 0 spiro atoms. The molecule has 1 aromatic carbocycles. The van der Waals surface area contributed by atoms with Gasteiger partial charge in [-0.2, -0.15) is 5.10 Å². The predicted octanol–water partition coefficient (Wildman–Crippen LogP) is 5.54. The minimum absolute atomic E-state index is 0.226. The normalized spacial score (nSPS) is 22.0. The zero-order chi connectivity index (χ0) is 23.8. The molecule has 4 rings (SSSR count). The van der Waals surface area contributed by atoms with E-state index in [9.17, 15) is 0 Å². The lowest BCUT2D eigenvalue weighted by Crippen LogP contribution is -2.44. The van der Waals surface area contributed by atoms with E-state index in [0.29, 0.717) is 24.5 Å². The van der Waals surface area contributed by atoms with Gasteiger partial charge in [0.1, 0.15) is 5.75 Å². The van der Waals surface area contributed by atoms with Crippen LogP contribution in [-0.4, -0.2) is 61.2 Å². The maximum Gasteiger partial charge on any atom is 0.234 e. The quantitative estimate of drug-likeness (QED) is 0.457. The van der Waals surface area contributed by atoms with Crippen molar-refractivity contribution in [1.82, 2.24) is 15.1 Å². The van der Waals surface area contributed by atoms with E-state index in [2.05, 4.69) is 59.4 Å². The summed E-state index contributed by atoms with van der Waals surface area (Å²) in [6, 6.07) is 10.5. The largest absolute Gasteiger partial charge is 0.490 e. The number of methoxy groups -OCH3 is 1. The number of benzene rings is 1. The third kappa shape index (κ3) is 6.70. The maximum absolute atomic E-state index is 6.23. The van der Waals surface area contributed by atoms with Crippen molar-refractivity contribution in [1.29, 1.82) is 0 Å². The summed E-state index contributed by atoms with van der Waals surface area (Å²) in [5.74, 6) is 1.86. The number of likely N-dealkylation sites (tertiary alicyclic amines) is 1. The molecule has 1 saturated carbocycles. The molecule has 1 saturated heterocycles. The van der Waals surface area contributed by atoms with Crippen molar-refractivity contribution in [3.63, 3.8) is 0 Å². The molecule has 6 heteroatoms. The van der Waals surface area contributed by atoms with E-state index >= 15 is 0 Å². The lowest BCUT2D eigenvalue weighted by atomic mass is 9.96. The third-order valence-corrected chi connectivity index (χ3v) is 7.25. The molecule has 0 amide bonds. The Hall–Kier alpha value is -2.18. The first-order chi connectivity index (χ1) is 16.7. The van der Waals surface area contributed by atoms with E-state index < -0.39 is 0 Å². The van der Waals surface area contributed by atoms with Gasteiger partial charge in [0.2, 0.25) is 5.88 Å². The van der Waals surface area contributed by atoms with Crippen LogP contribution in [0.5, 0.6) is 11.6 Å². The van der Waals surface area contributed by atoms with Crippen molar-refractivity contribution in [3.8, 4) is 22.8 Å². The summed E-state index contributed by atoms with van der Waals surface area (Å²) < 4.78 is 18.1. The smallest absolute Gasteiger partial charge is 0.234 e. The topological polar surface area (TPSA) is 56.7 Å². The Kier molecular flexibility index (Phi) is 9.17. The summed E-state index contributed by atoms with van der Waals surface area (Å²) >= 11 is 0. The van der Waals surface area contributed by atoms with Gasteiger partial charge in [-0.05, 0) is 69.7 Å². The van der Waals surface area contributed by atoms with E-state index in [1.165, 1.54) is 32.1 Å². The molecule has 1 aliphatic heterocycles. The van der Waals surface area contributed by atoms with Gasteiger partial charge in [0, 0.05) is 37.7 Å².